The molecule has 0 unspecified atom stereocenters. The van der Waals surface area contributed by atoms with Crippen LogP contribution in [0.25, 0.3) is 16.6 Å². The second kappa shape index (κ2) is 8.08. The largest absolute Gasteiger partial charge is 0.312 e. The number of carbonyl (C=O) groups excluding carboxylic acids is 1. The molecule has 3 aromatic carbocycles. The number of aryl methyl sites for hydroxylation is 1. The Balaban J connectivity index is 1.69. The molecule has 1 amide bonds. The van der Waals surface area contributed by atoms with Crippen molar-refractivity contribution in [2.24, 2.45) is 0 Å². The van der Waals surface area contributed by atoms with Gasteiger partial charge in [0.1, 0.15) is 5.82 Å². The molecule has 0 N–H and O–H groups in total. The summed E-state index contributed by atoms with van der Waals surface area (Å²) in [5.41, 5.74) is 4.40. The number of amides is 1. The summed E-state index contributed by atoms with van der Waals surface area (Å²) in [6.07, 6.45) is 1.25. The third kappa shape index (κ3) is 3.30. The number of carbonyl (C=O) groups is 1. The fourth-order valence-electron chi connectivity index (χ4n) is 4.63. The molecule has 0 fully saturated rings. The van der Waals surface area contributed by atoms with E-state index in [4.69, 9.17) is 4.98 Å². The zero-order chi connectivity index (χ0) is 22.2. The molecule has 0 bridgehead atoms. The minimum absolute atomic E-state index is 0.0782. The van der Waals surface area contributed by atoms with E-state index in [9.17, 15) is 9.59 Å². The molecule has 1 aromatic heterocycles. The Morgan fingerprint density at radius 3 is 2.47 bits per heavy atom. The van der Waals surface area contributed by atoms with Crippen molar-refractivity contribution in [2.75, 3.05) is 11.4 Å². The molecule has 5 heteroatoms. The molecule has 2 heterocycles. The van der Waals surface area contributed by atoms with Gasteiger partial charge in [-0.3, -0.25) is 14.2 Å². The van der Waals surface area contributed by atoms with E-state index >= 15 is 0 Å². The highest BCUT2D eigenvalue weighted by atomic mass is 16.2. The molecule has 160 valence electrons. The van der Waals surface area contributed by atoms with Gasteiger partial charge in [-0.15, -0.1) is 0 Å². The normalized spacial score (nSPS) is 15.4. The van der Waals surface area contributed by atoms with Crippen LogP contribution in [0.5, 0.6) is 0 Å². The van der Waals surface area contributed by atoms with Crippen LogP contribution in [0.4, 0.5) is 5.69 Å². The molecule has 0 saturated heterocycles. The second-order valence-electron chi connectivity index (χ2n) is 8.33. The molecule has 1 aliphatic rings. The summed E-state index contributed by atoms with van der Waals surface area (Å²) < 4.78 is 1.66. The molecule has 32 heavy (non-hydrogen) atoms. The van der Waals surface area contributed by atoms with Gasteiger partial charge in [0.25, 0.3) is 5.56 Å². The monoisotopic (exact) mass is 423 g/mol. The van der Waals surface area contributed by atoms with Crippen molar-refractivity contribution in [2.45, 2.75) is 32.6 Å². The third-order valence-corrected chi connectivity index (χ3v) is 6.11. The van der Waals surface area contributed by atoms with Gasteiger partial charge in [0, 0.05) is 18.7 Å². The Morgan fingerprint density at radius 2 is 1.69 bits per heavy atom. The molecular formula is C27H25N3O2. The van der Waals surface area contributed by atoms with Crippen LogP contribution in [0, 0.1) is 6.92 Å². The Kier molecular flexibility index (Phi) is 5.10. The highest BCUT2D eigenvalue weighted by molar-refractivity contribution is 6.05. The van der Waals surface area contributed by atoms with E-state index in [1.807, 2.05) is 72.5 Å². The Hall–Kier alpha value is -3.73. The fraction of sp³-hybridized carbons (Fsp3) is 0.222. The number of hydrogen-bond donors (Lipinski definition) is 0. The van der Waals surface area contributed by atoms with E-state index in [0.717, 1.165) is 28.9 Å². The molecule has 0 aliphatic carbocycles. The minimum Gasteiger partial charge on any atom is -0.312 e. The van der Waals surface area contributed by atoms with E-state index < -0.39 is 0 Å². The lowest BCUT2D eigenvalue weighted by Crippen LogP contribution is -2.31. The maximum atomic E-state index is 13.5. The third-order valence-electron chi connectivity index (χ3n) is 6.11. The summed E-state index contributed by atoms with van der Waals surface area (Å²) in [6.45, 7) is 4.80. The van der Waals surface area contributed by atoms with Gasteiger partial charge >= 0.3 is 0 Å². The molecule has 1 aliphatic heterocycles. The van der Waals surface area contributed by atoms with E-state index in [-0.39, 0.29) is 17.4 Å². The van der Waals surface area contributed by atoms with Crippen LogP contribution in [0.3, 0.4) is 0 Å². The first-order valence-electron chi connectivity index (χ1n) is 11.1. The number of para-hydroxylation sites is 2. The number of rotatable bonds is 5. The highest BCUT2D eigenvalue weighted by Gasteiger charge is 2.37. The van der Waals surface area contributed by atoms with Crippen molar-refractivity contribution in [3.63, 3.8) is 0 Å². The average Bonchev–Trinajstić information content (AvgIpc) is 3.05. The van der Waals surface area contributed by atoms with E-state index in [0.29, 0.717) is 29.7 Å². The first-order chi connectivity index (χ1) is 15.6. The summed E-state index contributed by atoms with van der Waals surface area (Å²) in [5.74, 6) is 0.318. The molecular weight excluding hydrogens is 398 g/mol. The van der Waals surface area contributed by atoms with Gasteiger partial charge in [0.15, 0.2) is 0 Å². The topological polar surface area (TPSA) is 55.2 Å². The summed E-state index contributed by atoms with van der Waals surface area (Å²) in [6, 6.07) is 23.1. The Bertz CT molecular complexity index is 1380. The van der Waals surface area contributed by atoms with Gasteiger partial charge in [-0.05, 0) is 49.2 Å². The van der Waals surface area contributed by atoms with Gasteiger partial charge in [0.2, 0.25) is 5.91 Å². The minimum atomic E-state index is -0.362. The quantitative estimate of drug-likeness (QED) is 0.464. The van der Waals surface area contributed by atoms with Crippen LogP contribution < -0.4 is 10.5 Å². The SMILES string of the molecule is CCCN1C(=O)[C@@H](Cc2nc3ccccc3c(=O)n2-c2ccccc2)c2cc(C)ccc21. The van der Waals surface area contributed by atoms with Gasteiger partial charge in [-0.2, -0.15) is 0 Å². The molecule has 5 nitrogen and oxygen atoms in total. The predicted octanol–water partition coefficient (Wildman–Crippen LogP) is 4.78. The standard InChI is InChI=1S/C27H25N3O2/c1-3-15-29-24-14-13-18(2)16-21(24)22(26(29)31)17-25-28-23-12-8-7-11-20(23)27(32)30(25)19-9-5-4-6-10-19/h4-14,16,22H,3,15,17H2,1-2H3/t22-/m0/s1. The number of aromatic nitrogens is 2. The smallest absolute Gasteiger partial charge is 0.265 e. The van der Waals surface area contributed by atoms with Crippen LogP contribution in [0.15, 0.2) is 77.6 Å². The lowest BCUT2D eigenvalue weighted by Gasteiger charge is -2.18. The molecule has 5 rings (SSSR count). The van der Waals surface area contributed by atoms with Crippen LogP contribution in [0.1, 0.15) is 36.2 Å². The number of fused-ring (bicyclic) bond motifs is 2. The van der Waals surface area contributed by atoms with Gasteiger partial charge < -0.3 is 4.90 Å². The van der Waals surface area contributed by atoms with E-state index in [1.54, 1.807) is 10.6 Å². The predicted molar refractivity (Wildman–Crippen MR) is 128 cm³/mol. The first kappa shape index (κ1) is 20.2. The van der Waals surface area contributed by atoms with Crippen molar-refractivity contribution in [3.05, 3.63) is 100 Å². The zero-order valence-electron chi connectivity index (χ0n) is 18.3. The fourth-order valence-corrected chi connectivity index (χ4v) is 4.63. The summed E-state index contributed by atoms with van der Waals surface area (Å²) in [4.78, 5) is 33.7. The van der Waals surface area contributed by atoms with Gasteiger partial charge in [-0.25, -0.2) is 4.98 Å². The van der Waals surface area contributed by atoms with E-state index in [1.165, 1.54) is 0 Å². The van der Waals surface area contributed by atoms with Crippen LogP contribution in [0.2, 0.25) is 0 Å². The Labute approximate surface area is 187 Å². The van der Waals surface area contributed by atoms with Crippen LogP contribution >= 0.6 is 0 Å². The molecule has 0 radical (unpaired) electrons. The molecule has 0 spiro atoms. The Morgan fingerprint density at radius 1 is 0.938 bits per heavy atom. The lowest BCUT2D eigenvalue weighted by molar-refractivity contribution is -0.119. The van der Waals surface area contributed by atoms with Gasteiger partial charge in [0.05, 0.1) is 22.5 Å². The van der Waals surface area contributed by atoms with Crippen molar-refractivity contribution in [3.8, 4) is 5.69 Å². The summed E-state index contributed by atoms with van der Waals surface area (Å²) in [7, 11) is 0. The maximum Gasteiger partial charge on any atom is 0.265 e. The molecule has 4 aromatic rings. The summed E-state index contributed by atoms with van der Waals surface area (Å²) in [5, 5.41) is 0.571. The number of anilines is 1. The average molecular weight is 424 g/mol. The first-order valence-corrected chi connectivity index (χ1v) is 11.1. The van der Waals surface area contributed by atoms with Crippen molar-refractivity contribution in [1.29, 1.82) is 0 Å². The second-order valence-corrected chi connectivity index (χ2v) is 8.33. The number of benzene rings is 3. The lowest BCUT2D eigenvalue weighted by atomic mass is 9.95. The molecule has 0 saturated carbocycles. The van der Waals surface area contributed by atoms with Crippen molar-refractivity contribution in [1.82, 2.24) is 9.55 Å². The zero-order valence-corrected chi connectivity index (χ0v) is 18.3. The van der Waals surface area contributed by atoms with Crippen LogP contribution in [-0.4, -0.2) is 22.0 Å². The maximum absolute atomic E-state index is 13.5. The number of nitrogens with zero attached hydrogens (tertiary/aromatic N) is 3. The van der Waals surface area contributed by atoms with E-state index in [2.05, 4.69) is 13.0 Å². The number of hydrogen-bond acceptors (Lipinski definition) is 3. The van der Waals surface area contributed by atoms with Crippen molar-refractivity contribution >= 4 is 22.5 Å². The van der Waals surface area contributed by atoms with Crippen LogP contribution in [-0.2, 0) is 11.2 Å². The summed E-state index contributed by atoms with van der Waals surface area (Å²) >= 11 is 0. The van der Waals surface area contributed by atoms with Gasteiger partial charge in [-0.1, -0.05) is 55.0 Å². The molecule has 1 atom stereocenters. The highest BCUT2D eigenvalue weighted by Crippen LogP contribution is 2.39. The van der Waals surface area contributed by atoms with Crippen molar-refractivity contribution < 1.29 is 4.79 Å².